The molecule has 15 heteroatoms. The number of nitrogens with one attached hydrogen (secondary N) is 2. The normalized spacial score (nSPS) is 12.3. The van der Waals surface area contributed by atoms with Crippen LogP contribution in [0.2, 0.25) is 0 Å². The van der Waals surface area contributed by atoms with Gasteiger partial charge in [-0.05, 0) is 63.5 Å². The largest absolute Gasteiger partial charge is 0.492 e. The number of anilines is 2. The van der Waals surface area contributed by atoms with Crippen molar-refractivity contribution in [2.75, 3.05) is 58.7 Å². The summed E-state index contributed by atoms with van der Waals surface area (Å²) in [6.45, 7) is 3.29. The van der Waals surface area contributed by atoms with E-state index in [1.165, 1.54) is 6.07 Å². The number of aromatic nitrogens is 2. The number of fused-ring (bicyclic) bond motifs is 1. The summed E-state index contributed by atoms with van der Waals surface area (Å²) >= 11 is 0. The highest BCUT2D eigenvalue weighted by Crippen LogP contribution is 2.31. The lowest BCUT2D eigenvalue weighted by Crippen LogP contribution is -2.24. The quantitative estimate of drug-likeness (QED) is 0.228. The SMILES string of the molecule is COC[C@H](C)Nc1cc(OCCN(C)C)ccc1C(=O)Nc1nn(C(=O)OC)c2ccc(S(=O)(=O)c3cc(F)cc(F)c3)cc12. The fourth-order valence-corrected chi connectivity index (χ4v) is 5.74. The molecule has 45 heavy (non-hydrogen) atoms. The monoisotopic (exact) mass is 645 g/mol. The molecule has 0 spiro atoms. The number of carbonyl (C=O) groups excluding carboxylic acids is 2. The molecule has 4 aromatic rings. The van der Waals surface area contributed by atoms with E-state index in [1.54, 1.807) is 25.3 Å². The van der Waals surface area contributed by atoms with E-state index in [9.17, 15) is 26.8 Å². The number of ether oxygens (including phenoxy) is 3. The number of hydrogen-bond donors (Lipinski definition) is 2. The van der Waals surface area contributed by atoms with Crippen LogP contribution in [0.25, 0.3) is 10.9 Å². The Morgan fingerprint density at radius 1 is 1.00 bits per heavy atom. The lowest BCUT2D eigenvalue weighted by molar-refractivity contribution is 0.102. The molecule has 12 nitrogen and oxygen atoms in total. The van der Waals surface area contributed by atoms with Gasteiger partial charge in [0, 0.05) is 37.2 Å². The van der Waals surface area contributed by atoms with Crippen molar-refractivity contribution in [1.82, 2.24) is 14.7 Å². The van der Waals surface area contributed by atoms with Crippen LogP contribution in [-0.2, 0) is 19.3 Å². The van der Waals surface area contributed by atoms with Crippen LogP contribution in [0.4, 0.5) is 25.1 Å². The molecule has 0 radical (unpaired) electrons. The zero-order valence-electron chi connectivity index (χ0n) is 25.3. The van der Waals surface area contributed by atoms with Crippen LogP contribution < -0.4 is 15.4 Å². The molecular formula is C30H33F2N5O7S. The first-order valence-corrected chi connectivity index (χ1v) is 15.1. The highest BCUT2D eigenvalue weighted by Gasteiger charge is 2.25. The molecule has 240 valence electrons. The molecule has 0 bridgehead atoms. The maximum absolute atomic E-state index is 13.9. The molecule has 2 N–H and O–H groups in total. The van der Waals surface area contributed by atoms with Gasteiger partial charge in [0.05, 0.1) is 40.3 Å². The number of halogens is 2. The van der Waals surface area contributed by atoms with Gasteiger partial charge in [-0.25, -0.2) is 22.0 Å². The van der Waals surface area contributed by atoms with E-state index in [2.05, 4.69) is 15.7 Å². The Bertz CT molecular complexity index is 1810. The van der Waals surface area contributed by atoms with Crippen molar-refractivity contribution in [2.45, 2.75) is 22.8 Å². The highest BCUT2D eigenvalue weighted by molar-refractivity contribution is 7.91. The van der Waals surface area contributed by atoms with E-state index >= 15 is 0 Å². The molecule has 4 rings (SSSR count). The molecular weight excluding hydrogens is 612 g/mol. The number of methoxy groups -OCH3 is 2. The van der Waals surface area contributed by atoms with Gasteiger partial charge >= 0.3 is 6.09 Å². The molecule has 3 aromatic carbocycles. The Balaban J connectivity index is 1.75. The van der Waals surface area contributed by atoms with Crippen molar-refractivity contribution < 1.29 is 41.0 Å². The molecule has 0 unspecified atom stereocenters. The predicted molar refractivity (Wildman–Crippen MR) is 163 cm³/mol. The van der Waals surface area contributed by atoms with E-state index in [4.69, 9.17) is 14.2 Å². The number of nitrogens with zero attached hydrogens (tertiary/aromatic N) is 3. The van der Waals surface area contributed by atoms with E-state index in [0.717, 1.165) is 23.9 Å². The van der Waals surface area contributed by atoms with Gasteiger partial charge in [-0.15, -0.1) is 5.10 Å². The maximum atomic E-state index is 13.9. The lowest BCUT2D eigenvalue weighted by Gasteiger charge is -2.19. The van der Waals surface area contributed by atoms with E-state index in [-0.39, 0.29) is 33.2 Å². The summed E-state index contributed by atoms with van der Waals surface area (Å²) in [7, 11) is 2.10. The highest BCUT2D eigenvalue weighted by atomic mass is 32.2. The first-order chi connectivity index (χ1) is 21.3. The smallest absolute Gasteiger partial charge is 0.435 e. The molecule has 1 heterocycles. The van der Waals surface area contributed by atoms with E-state index in [0.29, 0.717) is 49.4 Å². The van der Waals surface area contributed by atoms with Gasteiger partial charge in [0.15, 0.2) is 5.82 Å². The summed E-state index contributed by atoms with van der Waals surface area (Å²) in [4.78, 5) is 27.2. The average Bonchev–Trinajstić information content (AvgIpc) is 3.33. The molecule has 0 aliphatic heterocycles. The van der Waals surface area contributed by atoms with Crippen LogP contribution >= 0.6 is 0 Å². The minimum absolute atomic E-state index is 0.0533. The van der Waals surface area contributed by atoms with Crippen molar-refractivity contribution >= 4 is 44.2 Å². The summed E-state index contributed by atoms with van der Waals surface area (Å²) in [6, 6.07) is 10.2. The zero-order chi connectivity index (χ0) is 32.9. The number of amides is 1. The van der Waals surface area contributed by atoms with Gasteiger partial charge in [-0.2, -0.15) is 4.68 Å². The first-order valence-electron chi connectivity index (χ1n) is 13.6. The fraction of sp³-hybridized carbons (Fsp3) is 0.300. The lowest BCUT2D eigenvalue weighted by atomic mass is 10.1. The Morgan fingerprint density at radius 3 is 2.36 bits per heavy atom. The van der Waals surface area contributed by atoms with Gasteiger partial charge < -0.3 is 29.7 Å². The minimum atomic E-state index is -4.42. The first kappa shape index (κ1) is 33.3. The van der Waals surface area contributed by atoms with Crippen LogP contribution in [0.1, 0.15) is 17.3 Å². The number of benzene rings is 3. The van der Waals surface area contributed by atoms with Crippen molar-refractivity contribution in [3.05, 3.63) is 71.8 Å². The van der Waals surface area contributed by atoms with Crippen LogP contribution in [0.15, 0.2) is 64.4 Å². The summed E-state index contributed by atoms with van der Waals surface area (Å²) < 4.78 is 71.0. The van der Waals surface area contributed by atoms with Crippen molar-refractivity contribution in [3.8, 4) is 5.75 Å². The second-order valence-corrected chi connectivity index (χ2v) is 12.3. The Kier molecular flexibility index (Phi) is 10.4. The number of likely N-dealkylation sites (N-methyl/N-ethyl adjacent to an activating group) is 1. The number of sulfone groups is 1. The molecule has 0 fully saturated rings. The number of rotatable bonds is 12. The number of carbonyl (C=O) groups is 2. The van der Waals surface area contributed by atoms with Gasteiger partial charge in [-0.1, -0.05) is 0 Å². The van der Waals surface area contributed by atoms with E-state index in [1.807, 2.05) is 25.9 Å². The molecule has 0 aliphatic carbocycles. The standard InChI is InChI=1S/C30H33F2N5O7S/c1-18(17-42-4)33-26-15-21(44-11-10-36(2)3)6-8-24(26)29(38)34-28-25-16-22(7-9-27(25)37(35-28)30(39)43-5)45(40,41)23-13-19(31)12-20(32)14-23/h6-9,12-16,18,33H,10-11,17H2,1-5H3,(H,34,35,38)/t18-/m0/s1. The van der Waals surface area contributed by atoms with Crippen molar-refractivity contribution in [2.24, 2.45) is 0 Å². The summed E-state index contributed by atoms with van der Waals surface area (Å²) in [5, 5.41) is 10.1. The number of hydrogen-bond acceptors (Lipinski definition) is 10. The topological polar surface area (TPSA) is 141 Å². The van der Waals surface area contributed by atoms with Crippen LogP contribution in [0.5, 0.6) is 5.75 Å². The second-order valence-electron chi connectivity index (χ2n) is 10.3. The molecule has 1 amide bonds. The molecule has 1 atom stereocenters. The summed E-state index contributed by atoms with van der Waals surface area (Å²) in [5.74, 6) is -2.42. The third-order valence-corrected chi connectivity index (χ3v) is 8.28. The van der Waals surface area contributed by atoms with Gasteiger partial charge in [0.25, 0.3) is 5.91 Å². The van der Waals surface area contributed by atoms with Gasteiger partial charge in [0.1, 0.15) is 24.0 Å². The Labute approximate surface area is 258 Å². The van der Waals surface area contributed by atoms with Crippen molar-refractivity contribution in [1.29, 1.82) is 0 Å². The molecule has 0 saturated carbocycles. The minimum Gasteiger partial charge on any atom is -0.492 e. The van der Waals surface area contributed by atoms with Crippen LogP contribution in [0.3, 0.4) is 0 Å². The van der Waals surface area contributed by atoms with Crippen LogP contribution in [-0.4, -0.2) is 89.2 Å². The average molecular weight is 646 g/mol. The molecule has 0 saturated heterocycles. The predicted octanol–water partition coefficient (Wildman–Crippen LogP) is 4.40. The van der Waals surface area contributed by atoms with Crippen LogP contribution in [0, 0.1) is 11.6 Å². The molecule has 0 aliphatic rings. The maximum Gasteiger partial charge on any atom is 0.435 e. The second kappa shape index (κ2) is 14.0. The zero-order valence-corrected chi connectivity index (χ0v) is 26.1. The summed E-state index contributed by atoms with van der Waals surface area (Å²) in [5.41, 5.74) is 0.725. The third-order valence-electron chi connectivity index (χ3n) is 6.55. The third kappa shape index (κ3) is 7.74. The van der Waals surface area contributed by atoms with Crippen molar-refractivity contribution in [3.63, 3.8) is 0 Å². The summed E-state index contributed by atoms with van der Waals surface area (Å²) in [6.07, 6.45) is -0.904. The Hall–Kier alpha value is -4.60. The van der Waals surface area contributed by atoms with Gasteiger partial charge in [0.2, 0.25) is 9.84 Å². The molecule has 1 aromatic heterocycles. The Morgan fingerprint density at radius 2 is 1.71 bits per heavy atom. The van der Waals surface area contributed by atoms with E-state index < -0.39 is 38.4 Å². The fourth-order valence-electron chi connectivity index (χ4n) is 4.41. The van der Waals surface area contributed by atoms with Gasteiger partial charge in [-0.3, -0.25) is 4.79 Å².